The van der Waals surface area contributed by atoms with Crippen LogP contribution < -0.4 is 28.6 Å². The number of hydrogen-bond donors (Lipinski definition) is 1. The Labute approximate surface area is 274 Å². The second-order valence-electron chi connectivity index (χ2n) is 10.8. The van der Waals surface area contributed by atoms with Crippen molar-refractivity contribution in [3.63, 3.8) is 0 Å². The van der Waals surface area contributed by atoms with Gasteiger partial charge in [-0.05, 0) is 66.6 Å². The van der Waals surface area contributed by atoms with Gasteiger partial charge in [0, 0.05) is 5.56 Å². The Morgan fingerprint density at radius 2 is 1.74 bits per heavy atom. The molecule has 3 heterocycles. The maximum absolute atomic E-state index is 13.9. The van der Waals surface area contributed by atoms with Gasteiger partial charge in [-0.1, -0.05) is 47.7 Å². The van der Waals surface area contributed by atoms with E-state index in [4.69, 9.17) is 28.7 Å². The van der Waals surface area contributed by atoms with Crippen LogP contribution in [0.25, 0.3) is 16.0 Å². The van der Waals surface area contributed by atoms with Crippen molar-refractivity contribution in [2.75, 3.05) is 31.8 Å². The van der Waals surface area contributed by atoms with E-state index >= 15 is 0 Å². The SMILES string of the molecule is CCOc1cc([C@H]2C(=C(O)c3ccc4c(c3)OCCO4)C(=O)C(=O)N2c2nc3ccc(OC)cc3s2)ccc1OCc1ccccc1. The third kappa shape index (κ3) is 5.70. The summed E-state index contributed by atoms with van der Waals surface area (Å²) in [4.78, 5) is 33.8. The third-order valence-corrected chi connectivity index (χ3v) is 8.89. The number of thiazole rings is 1. The number of ether oxygens (including phenoxy) is 5. The largest absolute Gasteiger partial charge is 0.507 e. The summed E-state index contributed by atoms with van der Waals surface area (Å²) in [6, 6.07) is 24.3. The molecule has 2 aliphatic rings. The average Bonchev–Trinajstić information content (AvgIpc) is 3.64. The van der Waals surface area contributed by atoms with Crippen LogP contribution in [0.3, 0.4) is 0 Å². The molecule has 1 aromatic heterocycles. The molecular formula is C36H30N2O8S. The minimum absolute atomic E-state index is 0.0936. The van der Waals surface area contributed by atoms with Gasteiger partial charge < -0.3 is 28.8 Å². The number of aliphatic hydroxyl groups excluding tert-OH is 1. The first kappa shape index (κ1) is 30.1. The highest BCUT2D eigenvalue weighted by Crippen LogP contribution is 2.47. The number of carbonyl (C=O) groups excluding carboxylic acids is 2. The van der Waals surface area contributed by atoms with Crippen LogP contribution in [0.4, 0.5) is 5.13 Å². The fourth-order valence-electron chi connectivity index (χ4n) is 5.63. The molecule has 0 radical (unpaired) electrons. The van der Waals surface area contributed by atoms with E-state index in [1.54, 1.807) is 55.6 Å². The Balaban J connectivity index is 1.36. The molecule has 0 bridgehead atoms. The Bertz CT molecular complexity index is 2020. The topological polar surface area (TPSA) is 117 Å². The van der Waals surface area contributed by atoms with E-state index in [1.165, 1.54) is 16.2 Å². The Morgan fingerprint density at radius 1 is 0.936 bits per heavy atom. The molecule has 11 heteroatoms. The Hall–Kier alpha value is -5.55. The number of fused-ring (bicyclic) bond motifs is 2. The van der Waals surface area contributed by atoms with Crippen LogP contribution in [0.15, 0.2) is 90.5 Å². The molecule has 0 saturated carbocycles. The van der Waals surface area contributed by atoms with E-state index in [-0.39, 0.29) is 11.3 Å². The van der Waals surface area contributed by atoms with Crippen molar-refractivity contribution < 1.29 is 38.4 Å². The maximum atomic E-state index is 13.9. The predicted octanol–water partition coefficient (Wildman–Crippen LogP) is 6.68. The van der Waals surface area contributed by atoms with Gasteiger partial charge in [-0.3, -0.25) is 14.5 Å². The van der Waals surface area contributed by atoms with Crippen LogP contribution in [-0.2, 0) is 16.2 Å². The number of aromatic nitrogens is 1. The third-order valence-electron chi connectivity index (χ3n) is 7.87. The highest BCUT2D eigenvalue weighted by Gasteiger charge is 2.48. The number of aliphatic hydroxyl groups is 1. The summed E-state index contributed by atoms with van der Waals surface area (Å²) >= 11 is 1.24. The van der Waals surface area contributed by atoms with Crippen molar-refractivity contribution in [1.82, 2.24) is 4.98 Å². The van der Waals surface area contributed by atoms with E-state index in [2.05, 4.69) is 0 Å². The van der Waals surface area contributed by atoms with Gasteiger partial charge in [0.1, 0.15) is 31.3 Å². The van der Waals surface area contributed by atoms with Gasteiger partial charge >= 0.3 is 5.91 Å². The number of benzene rings is 4. The minimum Gasteiger partial charge on any atom is -0.507 e. The van der Waals surface area contributed by atoms with Gasteiger partial charge in [0.05, 0.1) is 35.5 Å². The second-order valence-corrected chi connectivity index (χ2v) is 11.8. The normalized spacial score (nSPS) is 16.8. The highest BCUT2D eigenvalue weighted by molar-refractivity contribution is 7.22. The average molecular weight is 651 g/mol. The molecule has 1 atom stereocenters. The highest BCUT2D eigenvalue weighted by atomic mass is 32.1. The van der Waals surface area contributed by atoms with Crippen molar-refractivity contribution in [3.8, 4) is 28.7 Å². The summed E-state index contributed by atoms with van der Waals surface area (Å²) in [5, 5.41) is 12.0. The molecule has 10 nitrogen and oxygen atoms in total. The van der Waals surface area contributed by atoms with Crippen LogP contribution in [0, 0.1) is 0 Å². The summed E-state index contributed by atoms with van der Waals surface area (Å²) in [5.74, 6) is 0.515. The molecule has 0 unspecified atom stereocenters. The van der Waals surface area contributed by atoms with E-state index in [1.807, 2.05) is 43.3 Å². The molecular weight excluding hydrogens is 620 g/mol. The number of rotatable bonds is 9. The first-order valence-electron chi connectivity index (χ1n) is 15.0. The van der Waals surface area contributed by atoms with Crippen LogP contribution >= 0.6 is 11.3 Å². The molecule has 1 saturated heterocycles. The first-order valence-corrected chi connectivity index (χ1v) is 15.9. The van der Waals surface area contributed by atoms with Crippen molar-refractivity contribution >= 4 is 44.1 Å². The van der Waals surface area contributed by atoms with Crippen molar-refractivity contribution in [1.29, 1.82) is 0 Å². The van der Waals surface area contributed by atoms with Crippen LogP contribution in [-0.4, -0.2) is 48.7 Å². The van der Waals surface area contributed by atoms with E-state index in [0.29, 0.717) is 77.0 Å². The lowest BCUT2D eigenvalue weighted by molar-refractivity contribution is -0.132. The number of hydrogen-bond acceptors (Lipinski definition) is 10. The Kier molecular flexibility index (Phi) is 8.13. The lowest BCUT2D eigenvalue weighted by atomic mass is 9.95. The zero-order chi connectivity index (χ0) is 32.5. The van der Waals surface area contributed by atoms with E-state index in [0.717, 1.165) is 10.3 Å². The lowest BCUT2D eigenvalue weighted by Crippen LogP contribution is -2.29. The molecule has 0 aliphatic carbocycles. The fourth-order valence-corrected chi connectivity index (χ4v) is 6.65. The van der Waals surface area contributed by atoms with Gasteiger partial charge in [0.25, 0.3) is 5.78 Å². The number of Topliss-reactive ketones (excluding diaryl/α,β-unsaturated/α-hetero) is 1. The molecule has 1 N–H and O–H groups in total. The zero-order valence-electron chi connectivity index (χ0n) is 25.6. The van der Waals surface area contributed by atoms with E-state index < -0.39 is 17.7 Å². The Morgan fingerprint density at radius 3 is 2.53 bits per heavy atom. The first-order chi connectivity index (χ1) is 22.9. The monoisotopic (exact) mass is 650 g/mol. The van der Waals surface area contributed by atoms with Crippen LogP contribution in [0.2, 0.25) is 0 Å². The standard InChI is InChI=1S/C36H30N2O8S/c1-3-43-28-17-22(9-13-27(28)46-20-21-7-5-4-6-8-21)32-31(33(39)23-10-14-26-29(18-23)45-16-15-44-26)34(40)35(41)38(32)36-37-25-12-11-24(42-2)19-30(25)47-36/h4-14,17-19,32,39H,3,15-16,20H2,1-2H3/t32-/m0/s1. The summed E-state index contributed by atoms with van der Waals surface area (Å²) in [5.41, 5.74) is 2.36. The van der Waals surface area contributed by atoms with Gasteiger partial charge in [0.15, 0.2) is 28.1 Å². The number of amides is 1. The number of carbonyl (C=O) groups is 2. The number of methoxy groups -OCH3 is 1. The molecule has 47 heavy (non-hydrogen) atoms. The quantitative estimate of drug-likeness (QED) is 0.106. The predicted molar refractivity (Wildman–Crippen MR) is 177 cm³/mol. The summed E-state index contributed by atoms with van der Waals surface area (Å²) in [6.07, 6.45) is 0. The molecule has 5 aromatic rings. The van der Waals surface area contributed by atoms with Crippen molar-refractivity contribution in [2.45, 2.75) is 19.6 Å². The van der Waals surface area contributed by atoms with Gasteiger partial charge in [0.2, 0.25) is 0 Å². The fraction of sp³-hybridized carbons (Fsp3) is 0.194. The summed E-state index contributed by atoms with van der Waals surface area (Å²) < 4.78 is 29.6. The minimum atomic E-state index is -1.03. The maximum Gasteiger partial charge on any atom is 0.301 e. The van der Waals surface area contributed by atoms with Gasteiger partial charge in [-0.15, -0.1) is 0 Å². The van der Waals surface area contributed by atoms with Crippen molar-refractivity contribution in [2.24, 2.45) is 0 Å². The van der Waals surface area contributed by atoms with E-state index in [9.17, 15) is 14.7 Å². The van der Waals surface area contributed by atoms with Gasteiger partial charge in [-0.25, -0.2) is 4.98 Å². The molecule has 1 amide bonds. The van der Waals surface area contributed by atoms with Crippen molar-refractivity contribution in [3.05, 3.63) is 107 Å². The lowest BCUT2D eigenvalue weighted by Gasteiger charge is -2.24. The molecule has 1 fully saturated rings. The van der Waals surface area contributed by atoms with Crippen LogP contribution in [0.1, 0.15) is 29.7 Å². The summed E-state index contributed by atoms with van der Waals surface area (Å²) in [7, 11) is 1.57. The number of anilines is 1. The molecule has 2 aliphatic heterocycles. The van der Waals surface area contributed by atoms with Gasteiger partial charge in [-0.2, -0.15) is 0 Å². The number of ketones is 1. The smallest absolute Gasteiger partial charge is 0.301 e. The van der Waals surface area contributed by atoms with Crippen LogP contribution in [0.5, 0.6) is 28.7 Å². The molecule has 4 aromatic carbocycles. The second kappa shape index (κ2) is 12.7. The molecule has 238 valence electrons. The number of nitrogens with zero attached hydrogens (tertiary/aromatic N) is 2. The molecule has 7 rings (SSSR count). The zero-order valence-corrected chi connectivity index (χ0v) is 26.4. The molecule has 0 spiro atoms. The summed E-state index contributed by atoms with van der Waals surface area (Å²) in [6.45, 7) is 3.28.